The number of amides is 1. The highest BCUT2D eigenvalue weighted by atomic mass is 16.5. The second-order valence-electron chi connectivity index (χ2n) is 6.39. The largest absolute Gasteiger partial charge is 0.491 e. The Morgan fingerprint density at radius 2 is 1.96 bits per heavy atom. The lowest BCUT2D eigenvalue weighted by molar-refractivity contribution is 0.102. The van der Waals surface area contributed by atoms with Gasteiger partial charge in [0.25, 0.3) is 5.91 Å². The van der Waals surface area contributed by atoms with Gasteiger partial charge in [0, 0.05) is 6.20 Å². The van der Waals surface area contributed by atoms with Crippen molar-refractivity contribution in [1.29, 1.82) is 0 Å². The number of aryl methyl sites for hydroxylation is 2. The van der Waals surface area contributed by atoms with Crippen molar-refractivity contribution in [2.45, 2.75) is 40.0 Å². The lowest BCUT2D eigenvalue weighted by Crippen LogP contribution is -2.17. The van der Waals surface area contributed by atoms with Crippen LogP contribution in [0.4, 0.5) is 5.69 Å². The van der Waals surface area contributed by atoms with Crippen molar-refractivity contribution in [2.75, 3.05) is 11.9 Å². The third kappa shape index (κ3) is 3.72. The first-order valence-corrected chi connectivity index (χ1v) is 9.14. The average Bonchev–Trinajstić information content (AvgIpc) is 2.98. The molecule has 0 bridgehead atoms. The molecule has 0 aliphatic heterocycles. The summed E-state index contributed by atoms with van der Waals surface area (Å²) in [6.07, 6.45) is 4.56. The Kier molecular flexibility index (Phi) is 5.56. The summed E-state index contributed by atoms with van der Waals surface area (Å²) in [5.74, 6) is 0.517. The van der Waals surface area contributed by atoms with Gasteiger partial charge >= 0.3 is 0 Å². The number of fused-ring (bicyclic) bond motifs is 1. The highest BCUT2D eigenvalue weighted by Gasteiger charge is 2.20. The monoisotopic (exact) mass is 351 g/mol. The minimum Gasteiger partial charge on any atom is -0.491 e. The lowest BCUT2D eigenvalue weighted by atomic mass is 10.2. The zero-order chi connectivity index (χ0) is 18.5. The van der Waals surface area contributed by atoms with E-state index in [2.05, 4.69) is 24.1 Å². The quantitative estimate of drug-likeness (QED) is 0.675. The van der Waals surface area contributed by atoms with E-state index >= 15 is 0 Å². The zero-order valence-corrected chi connectivity index (χ0v) is 15.6. The van der Waals surface area contributed by atoms with Gasteiger partial charge in [0.05, 0.1) is 18.0 Å². The van der Waals surface area contributed by atoms with Crippen molar-refractivity contribution in [1.82, 2.24) is 9.38 Å². The van der Waals surface area contributed by atoms with Crippen LogP contribution in [-0.4, -0.2) is 21.9 Å². The third-order valence-electron chi connectivity index (χ3n) is 4.14. The number of hydrogen-bond acceptors (Lipinski definition) is 3. The maximum Gasteiger partial charge on any atom is 0.274 e. The summed E-state index contributed by atoms with van der Waals surface area (Å²) in [5, 5.41) is 3.01. The number of nitrogens with one attached hydrogen (secondary N) is 1. The van der Waals surface area contributed by atoms with Gasteiger partial charge in [0.2, 0.25) is 0 Å². The summed E-state index contributed by atoms with van der Waals surface area (Å²) in [7, 11) is 0. The summed E-state index contributed by atoms with van der Waals surface area (Å²) in [4.78, 5) is 17.7. The fourth-order valence-corrected chi connectivity index (χ4v) is 2.94. The number of ether oxygens (including phenoxy) is 1. The summed E-state index contributed by atoms with van der Waals surface area (Å²) in [6.45, 7) is 6.76. The Labute approximate surface area is 154 Å². The highest BCUT2D eigenvalue weighted by Crippen LogP contribution is 2.25. The number of hydrogen-bond donors (Lipinski definition) is 1. The Morgan fingerprint density at radius 1 is 1.15 bits per heavy atom. The SMILES string of the molecule is CCCOc1ccccc1NC(=O)c1c(CCC)nc2ccc(C)cn12. The molecule has 0 fully saturated rings. The number of pyridine rings is 1. The van der Waals surface area contributed by atoms with Gasteiger partial charge in [-0.05, 0) is 43.5 Å². The second-order valence-corrected chi connectivity index (χ2v) is 6.39. The van der Waals surface area contributed by atoms with Crippen LogP contribution in [0.5, 0.6) is 5.75 Å². The number of rotatable bonds is 7. The molecule has 136 valence electrons. The molecule has 0 spiro atoms. The van der Waals surface area contributed by atoms with Crippen molar-refractivity contribution in [3.8, 4) is 5.75 Å². The molecule has 2 aromatic heterocycles. The molecule has 0 unspecified atom stereocenters. The predicted octanol–water partition coefficient (Wildman–Crippen LogP) is 4.64. The summed E-state index contributed by atoms with van der Waals surface area (Å²) >= 11 is 0. The predicted molar refractivity (Wildman–Crippen MR) is 104 cm³/mol. The highest BCUT2D eigenvalue weighted by molar-refractivity contribution is 6.05. The van der Waals surface area contributed by atoms with Gasteiger partial charge < -0.3 is 10.1 Å². The van der Waals surface area contributed by atoms with Gasteiger partial charge in [-0.25, -0.2) is 4.98 Å². The van der Waals surface area contributed by atoms with Gasteiger partial charge in [-0.15, -0.1) is 0 Å². The Balaban J connectivity index is 1.97. The summed E-state index contributed by atoms with van der Waals surface area (Å²) in [6, 6.07) is 11.5. The fraction of sp³-hybridized carbons (Fsp3) is 0.333. The molecule has 0 aliphatic carbocycles. The van der Waals surface area contributed by atoms with Crippen LogP contribution in [-0.2, 0) is 6.42 Å². The fourth-order valence-electron chi connectivity index (χ4n) is 2.94. The molecule has 0 atom stereocenters. The van der Waals surface area contributed by atoms with E-state index in [1.165, 1.54) is 0 Å². The Bertz CT molecular complexity index is 915. The second kappa shape index (κ2) is 8.04. The van der Waals surface area contributed by atoms with E-state index in [9.17, 15) is 4.79 Å². The molecular formula is C21H25N3O2. The van der Waals surface area contributed by atoms with Crippen LogP contribution in [0.3, 0.4) is 0 Å². The third-order valence-corrected chi connectivity index (χ3v) is 4.14. The molecule has 0 aliphatic rings. The number of para-hydroxylation sites is 2. The Morgan fingerprint density at radius 3 is 2.73 bits per heavy atom. The van der Waals surface area contributed by atoms with Gasteiger partial charge in [-0.3, -0.25) is 9.20 Å². The van der Waals surface area contributed by atoms with Crippen molar-refractivity contribution >= 4 is 17.2 Å². The van der Waals surface area contributed by atoms with Crippen LogP contribution in [0.15, 0.2) is 42.6 Å². The molecule has 1 amide bonds. The first-order chi connectivity index (χ1) is 12.6. The van der Waals surface area contributed by atoms with Crippen molar-refractivity contribution < 1.29 is 9.53 Å². The molecule has 2 heterocycles. The van der Waals surface area contributed by atoms with Gasteiger partial charge in [0.1, 0.15) is 17.1 Å². The number of carbonyl (C=O) groups is 1. The molecule has 3 aromatic rings. The smallest absolute Gasteiger partial charge is 0.274 e. The molecule has 5 nitrogen and oxygen atoms in total. The van der Waals surface area contributed by atoms with Crippen LogP contribution in [0.25, 0.3) is 5.65 Å². The molecule has 3 rings (SSSR count). The number of nitrogens with zero attached hydrogens (tertiary/aromatic N) is 2. The number of carbonyl (C=O) groups excluding carboxylic acids is 1. The van der Waals surface area contributed by atoms with E-state index in [4.69, 9.17) is 4.74 Å². The molecule has 1 aromatic carbocycles. The minimum atomic E-state index is -0.168. The van der Waals surface area contributed by atoms with E-state index < -0.39 is 0 Å². The van der Waals surface area contributed by atoms with Crippen LogP contribution >= 0.6 is 0 Å². The number of aromatic nitrogens is 2. The first kappa shape index (κ1) is 18.0. The van der Waals surface area contributed by atoms with Gasteiger partial charge in [-0.1, -0.05) is 38.5 Å². The number of benzene rings is 1. The van der Waals surface area contributed by atoms with Gasteiger partial charge in [0.15, 0.2) is 0 Å². The molecule has 5 heteroatoms. The van der Waals surface area contributed by atoms with Crippen LogP contribution in [0.2, 0.25) is 0 Å². The maximum atomic E-state index is 13.1. The molecule has 0 saturated heterocycles. The van der Waals surface area contributed by atoms with Crippen LogP contribution in [0, 0.1) is 6.92 Å². The standard InChI is InChI=1S/C21H25N3O2/c1-4-8-17-20(24-14-15(3)11-12-19(24)22-17)21(25)23-16-9-6-7-10-18(16)26-13-5-2/h6-7,9-12,14H,4-5,8,13H2,1-3H3,(H,23,25). The minimum absolute atomic E-state index is 0.168. The molecule has 26 heavy (non-hydrogen) atoms. The molecule has 0 radical (unpaired) electrons. The number of imidazole rings is 1. The normalized spacial score (nSPS) is 10.9. The maximum absolute atomic E-state index is 13.1. The molecule has 0 saturated carbocycles. The van der Waals surface area contributed by atoms with Crippen molar-refractivity contribution in [2.24, 2.45) is 0 Å². The molecular weight excluding hydrogens is 326 g/mol. The van der Waals surface area contributed by atoms with Crippen molar-refractivity contribution in [3.05, 3.63) is 59.5 Å². The topological polar surface area (TPSA) is 55.6 Å². The Hall–Kier alpha value is -2.82. The van der Waals surface area contributed by atoms with E-state index in [0.717, 1.165) is 36.2 Å². The van der Waals surface area contributed by atoms with Gasteiger partial charge in [-0.2, -0.15) is 0 Å². The number of anilines is 1. The first-order valence-electron chi connectivity index (χ1n) is 9.14. The van der Waals surface area contributed by atoms with E-state index in [-0.39, 0.29) is 5.91 Å². The summed E-state index contributed by atoms with van der Waals surface area (Å²) in [5.41, 5.74) is 3.97. The lowest BCUT2D eigenvalue weighted by Gasteiger charge is -2.12. The molecule has 1 N–H and O–H groups in total. The van der Waals surface area contributed by atoms with E-state index in [1.54, 1.807) is 0 Å². The zero-order valence-electron chi connectivity index (χ0n) is 15.6. The van der Waals surface area contributed by atoms with Crippen LogP contribution < -0.4 is 10.1 Å². The van der Waals surface area contributed by atoms with E-state index in [1.807, 2.05) is 53.9 Å². The summed E-state index contributed by atoms with van der Waals surface area (Å²) < 4.78 is 7.63. The average molecular weight is 351 g/mol. The van der Waals surface area contributed by atoms with E-state index in [0.29, 0.717) is 23.7 Å². The van der Waals surface area contributed by atoms with Crippen LogP contribution in [0.1, 0.15) is 48.4 Å². The van der Waals surface area contributed by atoms with Crippen molar-refractivity contribution in [3.63, 3.8) is 0 Å².